The maximum atomic E-state index is 13.6. The van der Waals surface area contributed by atoms with Gasteiger partial charge in [-0.3, -0.25) is 33.9 Å². The van der Waals surface area contributed by atoms with Gasteiger partial charge >= 0.3 is 0 Å². The summed E-state index contributed by atoms with van der Waals surface area (Å²) in [7, 11) is 0. The fourth-order valence-corrected chi connectivity index (χ4v) is 7.30. The fourth-order valence-electron chi connectivity index (χ4n) is 7.30. The summed E-state index contributed by atoms with van der Waals surface area (Å²) in [5.41, 5.74) is 3.28. The van der Waals surface area contributed by atoms with Crippen molar-refractivity contribution in [3.63, 3.8) is 0 Å². The van der Waals surface area contributed by atoms with E-state index in [4.69, 9.17) is 8.83 Å². The van der Waals surface area contributed by atoms with Crippen molar-refractivity contribution in [2.24, 2.45) is 0 Å². The molecular weight excluding hydrogens is 608 g/mol. The third kappa shape index (κ3) is 4.70. The lowest BCUT2D eigenvalue weighted by molar-refractivity contribution is 0.0579. The Kier molecular flexibility index (Phi) is 7.34. The van der Waals surface area contributed by atoms with Gasteiger partial charge in [0.05, 0.1) is 23.7 Å². The van der Waals surface area contributed by atoms with E-state index in [-0.39, 0.29) is 42.8 Å². The van der Waals surface area contributed by atoms with Crippen molar-refractivity contribution >= 4 is 67.1 Å². The molecule has 0 atom stereocenters. The maximum absolute atomic E-state index is 13.6. The molecule has 4 heterocycles. The molecule has 8 rings (SSSR count). The van der Waals surface area contributed by atoms with Crippen LogP contribution in [0.4, 0.5) is 0 Å². The summed E-state index contributed by atoms with van der Waals surface area (Å²) in [6.45, 7) is 7.12. The summed E-state index contributed by atoms with van der Waals surface area (Å²) in [6.07, 6.45) is 4.00. The number of carbonyl (C=O) groups is 4. The Morgan fingerprint density at radius 2 is 1.15 bits per heavy atom. The quantitative estimate of drug-likeness (QED) is 0.134. The fraction of sp³-hybridized carbons (Fsp3) is 0.263. The number of hydrogen-bond acceptors (Lipinski definition) is 8. The maximum Gasteiger partial charge on any atom is 0.261 e. The predicted molar refractivity (Wildman–Crippen MR) is 182 cm³/mol. The molecule has 4 aromatic carbocycles. The van der Waals surface area contributed by atoms with Crippen molar-refractivity contribution in [3.8, 4) is 0 Å². The van der Waals surface area contributed by atoms with Crippen molar-refractivity contribution in [1.82, 2.24) is 20.0 Å². The van der Waals surface area contributed by atoms with Crippen LogP contribution in [0, 0.1) is 0 Å². The molecule has 2 aliphatic rings. The Morgan fingerprint density at radius 1 is 0.625 bits per heavy atom. The molecule has 48 heavy (non-hydrogen) atoms. The van der Waals surface area contributed by atoms with Crippen LogP contribution in [0.15, 0.2) is 82.0 Å². The molecule has 0 unspecified atom stereocenters. The highest BCUT2D eigenvalue weighted by Gasteiger charge is 2.35. The molecule has 2 aliphatic heterocycles. The smallest absolute Gasteiger partial charge is 0.261 e. The number of rotatable bonds is 11. The van der Waals surface area contributed by atoms with Gasteiger partial charge in [-0.05, 0) is 80.5 Å². The van der Waals surface area contributed by atoms with E-state index in [1.54, 1.807) is 36.8 Å². The first kappa shape index (κ1) is 30.0. The van der Waals surface area contributed by atoms with Crippen LogP contribution < -0.4 is 5.32 Å². The third-order valence-corrected chi connectivity index (χ3v) is 9.74. The van der Waals surface area contributed by atoms with Crippen molar-refractivity contribution in [2.45, 2.75) is 26.3 Å². The lowest BCUT2D eigenvalue weighted by Gasteiger charge is -2.32. The van der Waals surface area contributed by atoms with Crippen molar-refractivity contribution in [1.29, 1.82) is 0 Å². The Labute approximate surface area is 275 Å². The first-order chi connectivity index (χ1) is 23.3. The van der Waals surface area contributed by atoms with Crippen molar-refractivity contribution in [3.05, 3.63) is 95.4 Å². The Hall–Kier alpha value is -5.32. The molecular formula is C38H34N4O6. The van der Waals surface area contributed by atoms with Crippen LogP contribution >= 0.6 is 0 Å². The number of fused-ring (bicyclic) bond motifs is 4. The molecule has 1 N–H and O–H groups in total. The van der Waals surface area contributed by atoms with Gasteiger partial charge in [-0.2, -0.15) is 0 Å². The molecule has 0 bridgehead atoms. The van der Waals surface area contributed by atoms with Crippen LogP contribution in [0.1, 0.15) is 61.7 Å². The van der Waals surface area contributed by atoms with Crippen LogP contribution in [0.5, 0.6) is 0 Å². The number of carbonyl (C=O) groups excluding carboxylic acids is 4. The minimum absolute atomic E-state index is 0.199. The number of benzene rings is 4. The summed E-state index contributed by atoms with van der Waals surface area (Å²) in [5, 5.41) is 8.21. The molecule has 2 aromatic heterocycles. The molecule has 10 nitrogen and oxygen atoms in total. The second-order valence-corrected chi connectivity index (χ2v) is 12.7. The second kappa shape index (κ2) is 11.7. The van der Waals surface area contributed by atoms with E-state index < -0.39 is 0 Å². The number of nitrogens with zero attached hydrogens (tertiary/aromatic N) is 3. The minimum atomic E-state index is -0.316. The number of hydrogen-bond donors (Lipinski definition) is 1. The van der Waals surface area contributed by atoms with E-state index in [9.17, 15) is 19.2 Å². The minimum Gasteiger partial charge on any atom is -0.464 e. The van der Waals surface area contributed by atoms with E-state index in [2.05, 4.69) is 24.1 Å². The topological polar surface area (TPSA) is 116 Å². The number of nitrogens with one attached hydrogen (secondary N) is 1. The van der Waals surface area contributed by atoms with Gasteiger partial charge < -0.3 is 14.2 Å². The first-order valence-corrected chi connectivity index (χ1v) is 16.4. The van der Waals surface area contributed by atoms with Crippen LogP contribution in [0.25, 0.3) is 43.5 Å². The summed E-state index contributed by atoms with van der Waals surface area (Å²) in [6, 6.07) is 18.5. The van der Waals surface area contributed by atoms with Crippen molar-refractivity contribution < 1.29 is 28.0 Å². The monoisotopic (exact) mass is 642 g/mol. The van der Waals surface area contributed by atoms with E-state index in [1.165, 1.54) is 9.80 Å². The van der Waals surface area contributed by atoms with Gasteiger partial charge in [-0.25, -0.2) is 0 Å². The molecule has 0 radical (unpaired) electrons. The van der Waals surface area contributed by atoms with Crippen LogP contribution in [-0.4, -0.2) is 83.6 Å². The Bertz CT molecular complexity index is 2300. The van der Waals surface area contributed by atoms with Crippen molar-refractivity contribution in [2.75, 3.05) is 39.3 Å². The van der Waals surface area contributed by atoms with Gasteiger partial charge in [0.2, 0.25) is 0 Å². The molecule has 0 fully saturated rings. The van der Waals surface area contributed by atoms with E-state index in [0.29, 0.717) is 63.8 Å². The number of amides is 4. The van der Waals surface area contributed by atoms with Crippen LogP contribution in [-0.2, 0) is 0 Å². The molecule has 6 aromatic rings. The third-order valence-electron chi connectivity index (χ3n) is 9.74. The average Bonchev–Trinajstić information content (AvgIpc) is 3.77. The predicted octanol–water partition coefficient (Wildman–Crippen LogP) is 6.07. The largest absolute Gasteiger partial charge is 0.464 e. The molecule has 0 saturated carbocycles. The van der Waals surface area contributed by atoms with E-state index >= 15 is 0 Å². The zero-order chi connectivity index (χ0) is 33.1. The van der Waals surface area contributed by atoms with Crippen LogP contribution in [0.3, 0.4) is 0 Å². The van der Waals surface area contributed by atoms with Gasteiger partial charge in [-0.1, -0.05) is 24.3 Å². The normalized spacial score (nSPS) is 14.8. The molecule has 4 amide bonds. The average molecular weight is 643 g/mol. The Morgan fingerprint density at radius 3 is 1.69 bits per heavy atom. The molecule has 242 valence electrons. The van der Waals surface area contributed by atoms with E-state index in [0.717, 1.165) is 34.5 Å². The second-order valence-electron chi connectivity index (χ2n) is 12.7. The SMILES string of the molecule is CC(C)N(CCCNCCN1C(=O)c2cccc3c2c(cc2occc23)C1=O)CCN1C(=O)c2cccc3c2c(cc2occc23)C1=O. The summed E-state index contributed by atoms with van der Waals surface area (Å²) in [4.78, 5) is 58.9. The van der Waals surface area contributed by atoms with Gasteiger partial charge in [0, 0.05) is 64.9 Å². The lowest BCUT2D eigenvalue weighted by Crippen LogP contribution is -2.46. The summed E-state index contributed by atoms with van der Waals surface area (Å²) >= 11 is 0. The zero-order valence-corrected chi connectivity index (χ0v) is 26.7. The lowest BCUT2D eigenvalue weighted by atomic mass is 9.92. The van der Waals surface area contributed by atoms with Crippen LogP contribution in [0.2, 0.25) is 0 Å². The number of imide groups is 2. The summed E-state index contributed by atoms with van der Waals surface area (Å²) < 4.78 is 11.2. The highest BCUT2D eigenvalue weighted by Crippen LogP contribution is 2.37. The highest BCUT2D eigenvalue weighted by molar-refractivity contribution is 6.30. The highest BCUT2D eigenvalue weighted by atomic mass is 16.3. The summed E-state index contributed by atoms with van der Waals surface area (Å²) in [5.74, 6) is -1.19. The zero-order valence-electron chi connectivity index (χ0n) is 26.7. The molecule has 0 spiro atoms. The molecule has 10 heteroatoms. The Balaban J connectivity index is 0.871. The van der Waals surface area contributed by atoms with Gasteiger partial charge in [0.25, 0.3) is 23.6 Å². The van der Waals surface area contributed by atoms with Gasteiger partial charge in [0.15, 0.2) is 0 Å². The molecule has 0 aliphatic carbocycles. The standard InChI is InChI=1S/C38H34N4O6/c1-22(2)40(16-17-42-36(44)28-9-4-7-26-24-11-19-48-32(24)21-30(34(26)28)38(42)46)14-5-12-39-13-15-41-35(43)27-8-3-6-25-23-10-18-47-31(23)20-29(33(25)27)37(41)45/h3-4,6-11,18-22,39H,5,12-17H2,1-2H3. The number of furan rings is 2. The molecule has 0 saturated heterocycles. The first-order valence-electron chi connectivity index (χ1n) is 16.4. The van der Waals surface area contributed by atoms with Gasteiger partial charge in [-0.15, -0.1) is 0 Å². The van der Waals surface area contributed by atoms with Gasteiger partial charge in [0.1, 0.15) is 11.2 Å². The van der Waals surface area contributed by atoms with E-state index in [1.807, 2.05) is 36.4 Å².